The number of hydrogen-bond acceptors (Lipinski definition) is 6. The van der Waals surface area contributed by atoms with Crippen LogP contribution in [-0.4, -0.2) is 84.9 Å². The summed E-state index contributed by atoms with van der Waals surface area (Å²) in [7, 11) is 1.68. The van der Waals surface area contributed by atoms with Crippen molar-refractivity contribution in [3.8, 4) is 0 Å². The summed E-state index contributed by atoms with van der Waals surface area (Å²) in [6, 6.07) is 4.20. The van der Waals surface area contributed by atoms with Crippen molar-refractivity contribution in [2.45, 2.75) is 24.9 Å². The smallest absolute Gasteiger partial charge is 0.475 e. The Morgan fingerprint density at radius 1 is 1.37 bits per heavy atom. The third-order valence-electron chi connectivity index (χ3n) is 4.32. The number of aliphatic carboxylic acids is 1. The minimum absolute atomic E-state index is 0.0649. The van der Waals surface area contributed by atoms with E-state index < -0.39 is 12.1 Å². The molecule has 1 aromatic heterocycles. The normalized spacial score (nSPS) is 23.3. The van der Waals surface area contributed by atoms with E-state index in [1.165, 1.54) is 0 Å². The van der Waals surface area contributed by atoms with Crippen molar-refractivity contribution in [3.63, 3.8) is 0 Å². The zero-order chi connectivity index (χ0) is 20.0. The number of furan rings is 1. The average Bonchev–Trinajstić information content (AvgIpc) is 3.24. The molecule has 2 fully saturated rings. The first-order valence-electron chi connectivity index (χ1n) is 8.31. The molecule has 27 heavy (non-hydrogen) atoms. The molecule has 2 saturated heterocycles. The van der Waals surface area contributed by atoms with Gasteiger partial charge < -0.3 is 19.6 Å². The maximum absolute atomic E-state index is 11.6. The van der Waals surface area contributed by atoms with Crippen LogP contribution in [0.25, 0.3) is 0 Å². The number of nitrogens with zero attached hydrogens (tertiary/aromatic N) is 2. The first kappa shape index (κ1) is 21.2. The van der Waals surface area contributed by atoms with E-state index in [2.05, 4.69) is 15.1 Å². The van der Waals surface area contributed by atoms with Gasteiger partial charge in [0.25, 0.3) is 0 Å². The predicted octanol–water partition coefficient (Wildman–Crippen LogP) is 0.544. The Morgan fingerprint density at radius 2 is 2.07 bits per heavy atom. The van der Waals surface area contributed by atoms with Crippen molar-refractivity contribution >= 4 is 11.9 Å². The largest absolute Gasteiger partial charge is 0.490 e. The van der Waals surface area contributed by atoms with E-state index >= 15 is 0 Å². The lowest BCUT2D eigenvalue weighted by molar-refractivity contribution is -0.192. The molecule has 152 valence electrons. The highest BCUT2D eigenvalue weighted by atomic mass is 19.4. The van der Waals surface area contributed by atoms with Gasteiger partial charge in [-0.05, 0) is 12.1 Å². The molecule has 3 rings (SSSR count). The van der Waals surface area contributed by atoms with Crippen LogP contribution in [0.5, 0.6) is 0 Å². The number of amides is 1. The molecule has 8 nitrogen and oxygen atoms in total. The Labute approximate surface area is 153 Å². The van der Waals surface area contributed by atoms with Crippen molar-refractivity contribution in [3.05, 3.63) is 24.2 Å². The van der Waals surface area contributed by atoms with Gasteiger partial charge in [0.05, 0.1) is 38.1 Å². The van der Waals surface area contributed by atoms with Crippen molar-refractivity contribution in [1.82, 2.24) is 15.1 Å². The third-order valence-corrected chi connectivity index (χ3v) is 4.32. The fourth-order valence-electron chi connectivity index (χ4n) is 3.05. The highest BCUT2D eigenvalue weighted by Crippen LogP contribution is 2.24. The molecule has 2 aliphatic heterocycles. The van der Waals surface area contributed by atoms with Crippen LogP contribution in [-0.2, 0) is 20.9 Å². The number of likely N-dealkylation sites (N-methyl/N-ethyl adjacent to an activating group) is 1. The number of fused-ring (bicyclic) bond motifs is 1. The molecule has 0 aromatic carbocycles. The van der Waals surface area contributed by atoms with Crippen LogP contribution in [0.3, 0.4) is 0 Å². The van der Waals surface area contributed by atoms with Crippen LogP contribution in [0, 0.1) is 0 Å². The number of carbonyl (C=O) groups excluding carboxylic acids is 1. The van der Waals surface area contributed by atoms with Gasteiger partial charge in [-0.1, -0.05) is 0 Å². The number of ether oxygens (including phenoxy) is 1. The number of carbonyl (C=O) groups is 2. The van der Waals surface area contributed by atoms with Crippen LogP contribution < -0.4 is 5.32 Å². The highest BCUT2D eigenvalue weighted by Gasteiger charge is 2.40. The lowest BCUT2D eigenvalue weighted by Crippen LogP contribution is -2.53. The van der Waals surface area contributed by atoms with E-state index in [9.17, 15) is 18.0 Å². The SMILES string of the molecule is CNC(=O)CN1CCO[C@H]2CN(Cc3ccco3)C[C@H]21.O=C(O)C(F)(F)F. The number of carboxylic acids is 1. The summed E-state index contributed by atoms with van der Waals surface area (Å²) in [6.07, 6.45) is -3.18. The Hall–Kier alpha value is -2.11. The lowest BCUT2D eigenvalue weighted by Gasteiger charge is -2.36. The quantitative estimate of drug-likeness (QED) is 0.771. The van der Waals surface area contributed by atoms with Gasteiger partial charge in [-0.2, -0.15) is 13.2 Å². The molecule has 0 aliphatic carbocycles. The van der Waals surface area contributed by atoms with Gasteiger partial charge in [-0.3, -0.25) is 14.6 Å². The molecule has 0 unspecified atom stereocenters. The zero-order valence-electron chi connectivity index (χ0n) is 14.7. The van der Waals surface area contributed by atoms with Gasteiger partial charge >= 0.3 is 12.1 Å². The van der Waals surface area contributed by atoms with Crippen LogP contribution in [0.2, 0.25) is 0 Å². The molecule has 0 bridgehead atoms. The van der Waals surface area contributed by atoms with Crippen molar-refractivity contribution < 1.29 is 37.0 Å². The zero-order valence-corrected chi connectivity index (χ0v) is 14.7. The number of alkyl halides is 3. The molecule has 1 amide bonds. The second-order valence-electron chi connectivity index (χ2n) is 6.20. The molecule has 11 heteroatoms. The molecular formula is C16H22F3N3O5. The van der Waals surface area contributed by atoms with Gasteiger partial charge in [0.15, 0.2) is 0 Å². The molecule has 3 heterocycles. The van der Waals surface area contributed by atoms with Crippen LogP contribution in [0.1, 0.15) is 5.76 Å². The number of nitrogens with one attached hydrogen (secondary N) is 1. The third kappa shape index (κ3) is 6.22. The fourth-order valence-corrected chi connectivity index (χ4v) is 3.05. The molecule has 0 saturated carbocycles. The molecule has 2 aliphatic rings. The summed E-state index contributed by atoms with van der Waals surface area (Å²) in [6.45, 7) is 4.60. The first-order chi connectivity index (χ1) is 12.7. The number of halogens is 3. The summed E-state index contributed by atoms with van der Waals surface area (Å²) in [5.74, 6) is -1.72. The second-order valence-corrected chi connectivity index (χ2v) is 6.20. The van der Waals surface area contributed by atoms with E-state index in [1.807, 2.05) is 12.1 Å². The van der Waals surface area contributed by atoms with Crippen LogP contribution in [0.4, 0.5) is 13.2 Å². The molecule has 2 atom stereocenters. The van der Waals surface area contributed by atoms with Crippen molar-refractivity contribution in [2.24, 2.45) is 0 Å². The fraction of sp³-hybridized carbons (Fsp3) is 0.625. The number of hydrogen-bond donors (Lipinski definition) is 2. The van der Waals surface area contributed by atoms with Gasteiger partial charge in [-0.15, -0.1) is 0 Å². The average molecular weight is 393 g/mol. The monoisotopic (exact) mass is 393 g/mol. The maximum atomic E-state index is 11.6. The Morgan fingerprint density at radius 3 is 2.63 bits per heavy atom. The van der Waals surface area contributed by atoms with Gasteiger partial charge in [-0.25, -0.2) is 4.79 Å². The summed E-state index contributed by atoms with van der Waals surface area (Å²) in [5.41, 5.74) is 0. The summed E-state index contributed by atoms with van der Waals surface area (Å²) in [4.78, 5) is 25.0. The van der Waals surface area contributed by atoms with Gasteiger partial charge in [0, 0.05) is 26.7 Å². The predicted molar refractivity (Wildman–Crippen MR) is 86.8 cm³/mol. The number of morpholine rings is 1. The topological polar surface area (TPSA) is 95.3 Å². The molecule has 0 radical (unpaired) electrons. The Kier molecular flexibility index (Phi) is 7.22. The summed E-state index contributed by atoms with van der Waals surface area (Å²) < 4.78 is 43.0. The standard InChI is InChI=1S/C14H21N3O3.C2HF3O2/c1-15-14(18)10-17-4-6-20-13-9-16(8-12(13)17)7-11-3-2-5-19-11;3-2(4,5)1(6)7/h2-3,5,12-13H,4,6-10H2,1H3,(H,15,18);(H,6,7)/t12-,13+;/m1./s1. The molecular weight excluding hydrogens is 371 g/mol. The first-order valence-corrected chi connectivity index (χ1v) is 8.31. The minimum atomic E-state index is -5.08. The highest BCUT2D eigenvalue weighted by molar-refractivity contribution is 5.77. The maximum Gasteiger partial charge on any atom is 0.490 e. The van der Waals surface area contributed by atoms with E-state index in [4.69, 9.17) is 19.1 Å². The van der Waals surface area contributed by atoms with Crippen LogP contribution >= 0.6 is 0 Å². The number of carboxylic acid groups (broad SMARTS) is 1. The van der Waals surface area contributed by atoms with Crippen molar-refractivity contribution in [1.29, 1.82) is 0 Å². The van der Waals surface area contributed by atoms with E-state index in [0.717, 1.165) is 31.9 Å². The lowest BCUT2D eigenvalue weighted by atomic mass is 10.1. The van der Waals surface area contributed by atoms with E-state index in [1.54, 1.807) is 13.3 Å². The van der Waals surface area contributed by atoms with Crippen LogP contribution in [0.15, 0.2) is 22.8 Å². The van der Waals surface area contributed by atoms with Gasteiger partial charge in [0.1, 0.15) is 5.76 Å². The summed E-state index contributed by atoms with van der Waals surface area (Å²) >= 11 is 0. The molecule has 1 aromatic rings. The van der Waals surface area contributed by atoms with E-state index in [0.29, 0.717) is 19.2 Å². The van der Waals surface area contributed by atoms with E-state index in [-0.39, 0.29) is 12.0 Å². The Bertz CT molecular complexity index is 623. The van der Waals surface area contributed by atoms with Crippen molar-refractivity contribution in [2.75, 3.05) is 39.8 Å². The summed E-state index contributed by atoms with van der Waals surface area (Å²) in [5, 5.41) is 9.81. The van der Waals surface area contributed by atoms with Gasteiger partial charge in [0.2, 0.25) is 5.91 Å². The number of rotatable bonds is 4. The molecule has 2 N–H and O–H groups in total. The Balaban J connectivity index is 0.000000321. The molecule has 0 spiro atoms. The number of likely N-dealkylation sites (tertiary alicyclic amines) is 1. The second kappa shape index (κ2) is 9.20. The minimum Gasteiger partial charge on any atom is -0.475 e.